The van der Waals surface area contributed by atoms with Crippen molar-refractivity contribution in [2.24, 2.45) is 0 Å². The van der Waals surface area contributed by atoms with Crippen LogP contribution in [0.5, 0.6) is 0 Å². The van der Waals surface area contributed by atoms with E-state index in [0.717, 1.165) is 24.3 Å². The van der Waals surface area contributed by atoms with E-state index in [1.165, 1.54) is 0 Å². The molecule has 0 bridgehead atoms. The number of halogens is 9. The fourth-order valence-corrected chi connectivity index (χ4v) is 1.36. The molecule has 0 saturated heterocycles. The van der Waals surface area contributed by atoms with Gasteiger partial charge in [-0.1, -0.05) is 11.6 Å². The normalized spacial score (nSPS) is 14.1. The maximum Gasteiger partial charge on any atom is 0.460 e. The van der Waals surface area contributed by atoms with Crippen LogP contribution in [-0.2, 0) is 0 Å². The smallest absolute Gasteiger partial charge is 0.289 e. The largest absolute Gasteiger partial charge is 0.460 e. The van der Waals surface area contributed by atoms with Gasteiger partial charge in [0.1, 0.15) is 0 Å². The first-order chi connectivity index (χ1) is 9.80. The molecule has 0 N–H and O–H groups in total. The number of ketones is 1. The molecule has 0 amide bonds. The lowest BCUT2D eigenvalue weighted by Gasteiger charge is -2.26. The predicted octanol–water partition coefficient (Wildman–Crippen LogP) is 5.21. The van der Waals surface area contributed by atoms with Gasteiger partial charge in [0.2, 0.25) is 0 Å². The lowest BCUT2D eigenvalue weighted by molar-refractivity contribution is -0.347. The molecule has 22 heavy (non-hydrogen) atoms. The molecular weight excluding hydrogens is 348 g/mol. The monoisotopic (exact) mass is 352 g/mol. The fourth-order valence-electron chi connectivity index (χ4n) is 1.23. The summed E-state index contributed by atoms with van der Waals surface area (Å²) in [6.45, 7) is 0. The minimum absolute atomic E-state index is 0.134. The van der Waals surface area contributed by atoms with E-state index in [9.17, 15) is 39.9 Å². The maximum absolute atomic E-state index is 13.1. The molecule has 0 aromatic heterocycles. The van der Waals surface area contributed by atoms with Crippen molar-refractivity contribution in [1.82, 2.24) is 0 Å². The van der Waals surface area contributed by atoms with E-state index < -0.39 is 41.3 Å². The fraction of sp³-hybridized carbons (Fsp3) is 0.250. The van der Waals surface area contributed by atoms with Gasteiger partial charge in [-0.05, 0) is 24.3 Å². The average Bonchev–Trinajstić information content (AvgIpc) is 2.37. The van der Waals surface area contributed by atoms with Gasteiger partial charge in [0.15, 0.2) is 11.6 Å². The predicted molar refractivity (Wildman–Crippen MR) is 60.9 cm³/mol. The van der Waals surface area contributed by atoms with Gasteiger partial charge < -0.3 is 0 Å². The number of benzene rings is 1. The molecule has 0 aliphatic rings. The highest BCUT2D eigenvalue weighted by atomic mass is 35.5. The second-order valence-electron chi connectivity index (χ2n) is 4.01. The van der Waals surface area contributed by atoms with E-state index in [-0.39, 0.29) is 5.02 Å². The summed E-state index contributed by atoms with van der Waals surface area (Å²) in [5.74, 6) is -17.6. The molecule has 0 fully saturated rings. The molecule has 1 aromatic carbocycles. The number of carbonyl (C=O) groups is 1. The molecule has 0 spiro atoms. The third-order valence-electron chi connectivity index (χ3n) is 2.44. The molecule has 0 radical (unpaired) electrons. The second-order valence-corrected chi connectivity index (χ2v) is 4.45. The van der Waals surface area contributed by atoms with Crippen molar-refractivity contribution in [3.05, 3.63) is 46.8 Å². The molecule has 1 rings (SSSR count). The Morgan fingerprint density at radius 3 is 1.82 bits per heavy atom. The van der Waals surface area contributed by atoms with E-state index in [1.807, 2.05) is 0 Å². The minimum atomic E-state index is -6.69. The first-order valence-corrected chi connectivity index (χ1v) is 5.68. The summed E-state index contributed by atoms with van der Waals surface area (Å²) in [4.78, 5) is 11.4. The van der Waals surface area contributed by atoms with Gasteiger partial charge in [-0.15, -0.1) is 0 Å². The van der Waals surface area contributed by atoms with Crippen molar-refractivity contribution >= 4 is 17.4 Å². The van der Waals surface area contributed by atoms with E-state index >= 15 is 0 Å². The molecule has 0 aliphatic heterocycles. The van der Waals surface area contributed by atoms with Gasteiger partial charge in [-0.25, -0.2) is 4.39 Å². The average molecular weight is 353 g/mol. The van der Waals surface area contributed by atoms with E-state index in [0.29, 0.717) is 0 Å². The molecule has 1 nitrogen and oxygen atoms in total. The Labute approximate surface area is 123 Å². The summed E-state index contributed by atoms with van der Waals surface area (Å²) in [6.07, 6.45) is -7.31. The van der Waals surface area contributed by atoms with Crippen LogP contribution in [0, 0.1) is 0 Å². The quantitative estimate of drug-likeness (QED) is 0.413. The SMILES string of the molecule is O=C(/C=C(\F)C(F)(F)C(F)(F)C(F)(F)F)c1ccc(Cl)cc1. The summed E-state index contributed by atoms with van der Waals surface area (Å²) in [7, 11) is 0. The van der Waals surface area contributed by atoms with Gasteiger partial charge in [0.05, 0.1) is 0 Å². The molecule has 1 aromatic rings. The van der Waals surface area contributed by atoms with Gasteiger partial charge in [0, 0.05) is 16.7 Å². The molecule has 0 aliphatic carbocycles. The van der Waals surface area contributed by atoms with E-state index in [4.69, 9.17) is 11.6 Å². The highest BCUT2D eigenvalue weighted by molar-refractivity contribution is 6.30. The summed E-state index contributed by atoms with van der Waals surface area (Å²) < 4.78 is 99.8. The Morgan fingerprint density at radius 2 is 1.41 bits per heavy atom. The molecular formula is C12H5ClF8O. The van der Waals surface area contributed by atoms with Crippen molar-refractivity contribution < 1.29 is 39.9 Å². The lowest BCUT2D eigenvalue weighted by Crippen LogP contribution is -2.52. The first-order valence-electron chi connectivity index (χ1n) is 5.30. The van der Waals surface area contributed by atoms with Crippen LogP contribution in [0.3, 0.4) is 0 Å². The lowest BCUT2D eigenvalue weighted by atomic mass is 10.1. The standard InChI is InChI=1S/C12H5ClF8O/c13-7-3-1-6(2-4-7)8(22)5-9(14)10(15,16)11(17,18)12(19,20)21/h1-5H/b9-5-. The topological polar surface area (TPSA) is 17.1 Å². The Balaban J connectivity index is 3.15. The van der Waals surface area contributed by atoms with Crippen LogP contribution >= 0.6 is 11.6 Å². The van der Waals surface area contributed by atoms with Crippen molar-refractivity contribution in [2.75, 3.05) is 0 Å². The van der Waals surface area contributed by atoms with Gasteiger partial charge in [-0.2, -0.15) is 30.7 Å². The number of allylic oxidation sites excluding steroid dienone is 2. The van der Waals surface area contributed by atoms with Crippen LogP contribution in [0.2, 0.25) is 5.02 Å². The third kappa shape index (κ3) is 3.40. The molecule has 0 saturated carbocycles. The number of rotatable bonds is 4. The van der Waals surface area contributed by atoms with Crippen LogP contribution in [-0.4, -0.2) is 23.8 Å². The van der Waals surface area contributed by atoms with Crippen molar-refractivity contribution in [3.63, 3.8) is 0 Å². The maximum atomic E-state index is 13.1. The van der Waals surface area contributed by atoms with Gasteiger partial charge in [-0.3, -0.25) is 4.79 Å². The minimum Gasteiger partial charge on any atom is -0.289 e. The molecule has 0 heterocycles. The molecule has 0 unspecified atom stereocenters. The summed E-state index contributed by atoms with van der Waals surface area (Å²) >= 11 is 5.46. The van der Waals surface area contributed by atoms with Crippen LogP contribution in [0.4, 0.5) is 35.1 Å². The van der Waals surface area contributed by atoms with Gasteiger partial charge in [0.25, 0.3) is 0 Å². The summed E-state index contributed by atoms with van der Waals surface area (Å²) in [5, 5.41) is 0.134. The zero-order chi connectivity index (χ0) is 17.3. The first kappa shape index (κ1) is 18.4. The number of carbonyl (C=O) groups excluding carboxylic acids is 1. The van der Waals surface area contributed by atoms with Crippen LogP contribution in [0.25, 0.3) is 0 Å². The zero-order valence-electron chi connectivity index (χ0n) is 10.2. The highest BCUT2D eigenvalue weighted by Crippen LogP contribution is 2.50. The Morgan fingerprint density at radius 1 is 0.955 bits per heavy atom. The van der Waals surface area contributed by atoms with Crippen molar-refractivity contribution in [1.29, 1.82) is 0 Å². The Hall–Kier alpha value is -1.64. The number of hydrogen-bond acceptors (Lipinski definition) is 1. The van der Waals surface area contributed by atoms with Gasteiger partial charge >= 0.3 is 18.0 Å². The van der Waals surface area contributed by atoms with Crippen LogP contribution in [0.15, 0.2) is 36.2 Å². The highest BCUT2D eigenvalue weighted by Gasteiger charge is 2.75. The van der Waals surface area contributed by atoms with Crippen LogP contribution < -0.4 is 0 Å². The Kier molecular flexibility index (Phi) is 4.91. The Bertz CT molecular complexity index is 588. The van der Waals surface area contributed by atoms with Crippen LogP contribution in [0.1, 0.15) is 10.4 Å². The number of alkyl halides is 7. The van der Waals surface area contributed by atoms with Crippen molar-refractivity contribution in [3.8, 4) is 0 Å². The van der Waals surface area contributed by atoms with E-state index in [2.05, 4.69) is 0 Å². The second kappa shape index (κ2) is 5.86. The summed E-state index contributed by atoms with van der Waals surface area (Å²) in [6, 6.07) is 4.13. The molecule has 122 valence electrons. The number of hydrogen-bond donors (Lipinski definition) is 0. The zero-order valence-corrected chi connectivity index (χ0v) is 11.0. The third-order valence-corrected chi connectivity index (χ3v) is 2.69. The van der Waals surface area contributed by atoms with E-state index in [1.54, 1.807) is 0 Å². The molecule has 0 atom stereocenters. The summed E-state index contributed by atoms with van der Waals surface area (Å²) in [5.41, 5.74) is -0.425. The van der Waals surface area contributed by atoms with Crippen molar-refractivity contribution in [2.45, 2.75) is 18.0 Å². The molecule has 10 heteroatoms.